The normalized spacial score (nSPS) is 15.8. The number of piperidine rings is 1. The van der Waals surface area contributed by atoms with Gasteiger partial charge in [0.25, 0.3) is 5.91 Å². The van der Waals surface area contributed by atoms with Crippen LogP contribution in [0.4, 0.5) is 0 Å². The summed E-state index contributed by atoms with van der Waals surface area (Å²) < 4.78 is 0. The Morgan fingerprint density at radius 2 is 1.96 bits per heavy atom. The number of nitrogens with zero attached hydrogens (tertiary/aromatic N) is 2. The van der Waals surface area contributed by atoms with E-state index in [4.69, 9.17) is 0 Å². The standard InChI is InChI=1S/C18H27N3O2/c1-5-16(22)21-10-8-14(9-11-21)17-15(7-6-13(4)20-17)18(23)19-12(2)3/h6-7,12,14H,5,8-11H2,1-4H3,(H,19,23). The van der Waals surface area contributed by atoms with E-state index in [1.807, 2.05) is 44.7 Å². The molecule has 1 aliphatic rings. The van der Waals surface area contributed by atoms with Crippen LogP contribution >= 0.6 is 0 Å². The number of aryl methyl sites for hydroxylation is 1. The monoisotopic (exact) mass is 317 g/mol. The van der Waals surface area contributed by atoms with E-state index in [9.17, 15) is 9.59 Å². The van der Waals surface area contributed by atoms with E-state index in [0.29, 0.717) is 12.0 Å². The molecule has 5 heteroatoms. The summed E-state index contributed by atoms with van der Waals surface area (Å²) in [5.74, 6) is 0.386. The van der Waals surface area contributed by atoms with Gasteiger partial charge in [-0.05, 0) is 45.7 Å². The molecule has 0 bridgehead atoms. The highest BCUT2D eigenvalue weighted by Gasteiger charge is 2.27. The number of pyridine rings is 1. The van der Waals surface area contributed by atoms with E-state index in [1.165, 1.54) is 0 Å². The Balaban J connectivity index is 2.18. The molecule has 0 atom stereocenters. The third-order valence-electron chi connectivity index (χ3n) is 4.27. The van der Waals surface area contributed by atoms with Crippen LogP contribution in [0.15, 0.2) is 12.1 Å². The Labute approximate surface area is 138 Å². The van der Waals surface area contributed by atoms with Crippen LogP contribution in [0.3, 0.4) is 0 Å². The van der Waals surface area contributed by atoms with Crippen LogP contribution < -0.4 is 5.32 Å². The molecule has 1 N–H and O–H groups in total. The quantitative estimate of drug-likeness (QED) is 0.928. The Hall–Kier alpha value is -1.91. The lowest BCUT2D eigenvalue weighted by molar-refractivity contribution is -0.131. The van der Waals surface area contributed by atoms with Crippen molar-refractivity contribution in [3.05, 3.63) is 29.1 Å². The summed E-state index contributed by atoms with van der Waals surface area (Å²) in [6, 6.07) is 3.86. The number of hydrogen-bond acceptors (Lipinski definition) is 3. The topological polar surface area (TPSA) is 62.3 Å². The highest BCUT2D eigenvalue weighted by molar-refractivity contribution is 5.95. The zero-order valence-electron chi connectivity index (χ0n) is 14.6. The molecule has 0 aliphatic carbocycles. The minimum atomic E-state index is -0.0606. The van der Waals surface area contributed by atoms with Gasteiger partial charge in [-0.2, -0.15) is 0 Å². The summed E-state index contributed by atoms with van der Waals surface area (Å²) in [5.41, 5.74) is 2.48. The zero-order valence-corrected chi connectivity index (χ0v) is 14.6. The average Bonchev–Trinajstić information content (AvgIpc) is 2.53. The second-order valence-corrected chi connectivity index (χ2v) is 6.52. The molecule has 2 amide bonds. The summed E-state index contributed by atoms with van der Waals surface area (Å²) in [6.07, 6.45) is 2.28. The highest BCUT2D eigenvalue weighted by Crippen LogP contribution is 2.29. The fraction of sp³-hybridized carbons (Fsp3) is 0.611. The summed E-state index contributed by atoms with van der Waals surface area (Å²) in [4.78, 5) is 30.8. The molecule has 1 fully saturated rings. The third kappa shape index (κ3) is 4.30. The molecular formula is C18H27N3O2. The summed E-state index contributed by atoms with van der Waals surface area (Å²) in [5, 5.41) is 2.95. The molecule has 1 aromatic heterocycles. The van der Waals surface area contributed by atoms with Gasteiger partial charge >= 0.3 is 0 Å². The number of likely N-dealkylation sites (tertiary alicyclic amines) is 1. The summed E-state index contributed by atoms with van der Waals surface area (Å²) >= 11 is 0. The summed E-state index contributed by atoms with van der Waals surface area (Å²) in [6.45, 7) is 9.24. The molecule has 1 aromatic rings. The molecule has 0 radical (unpaired) electrons. The van der Waals surface area contributed by atoms with E-state index in [2.05, 4.69) is 10.3 Å². The Bertz CT molecular complexity index is 576. The zero-order chi connectivity index (χ0) is 17.0. The SMILES string of the molecule is CCC(=O)N1CCC(c2nc(C)ccc2C(=O)NC(C)C)CC1. The number of nitrogens with one attached hydrogen (secondary N) is 1. The van der Waals surface area contributed by atoms with E-state index in [0.717, 1.165) is 37.3 Å². The average molecular weight is 317 g/mol. The second kappa shape index (κ2) is 7.57. The predicted octanol–water partition coefficient (Wildman–Crippen LogP) is 2.64. The van der Waals surface area contributed by atoms with Gasteiger partial charge in [-0.1, -0.05) is 6.92 Å². The number of hydrogen-bond donors (Lipinski definition) is 1. The van der Waals surface area contributed by atoms with Crippen molar-refractivity contribution in [2.45, 2.75) is 58.9 Å². The fourth-order valence-electron chi connectivity index (χ4n) is 3.05. The first-order valence-corrected chi connectivity index (χ1v) is 8.48. The number of amides is 2. The minimum Gasteiger partial charge on any atom is -0.350 e. The molecule has 0 saturated carbocycles. The van der Waals surface area contributed by atoms with Crippen molar-refractivity contribution >= 4 is 11.8 Å². The van der Waals surface area contributed by atoms with Crippen molar-refractivity contribution in [2.75, 3.05) is 13.1 Å². The molecule has 23 heavy (non-hydrogen) atoms. The first kappa shape index (κ1) is 17.4. The molecule has 0 aromatic carbocycles. The number of aromatic nitrogens is 1. The van der Waals surface area contributed by atoms with Crippen molar-refractivity contribution in [1.29, 1.82) is 0 Å². The van der Waals surface area contributed by atoms with Crippen LogP contribution in [-0.4, -0.2) is 40.8 Å². The molecule has 2 rings (SSSR count). The first-order valence-electron chi connectivity index (χ1n) is 8.48. The van der Waals surface area contributed by atoms with Crippen LogP contribution in [0, 0.1) is 6.92 Å². The molecule has 5 nitrogen and oxygen atoms in total. The lowest BCUT2D eigenvalue weighted by atomic mass is 9.89. The van der Waals surface area contributed by atoms with Gasteiger partial charge < -0.3 is 10.2 Å². The van der Waals surface area contributed by atoms with Crippen molar-refractivity contribution < 1.29 is 9.59 Å². The van der Waals surface area contributed by atoms with Gasteiger partial charge in [0, 0.05) is 37.2 Å². The van der Waals surface area contributed by atoms with Crippen molar-refractivity contribution in [1.82, 2.24) is 15.2 Å². The van der Waals surface area contributed by atoms with Crippen LogP contribution in [0.5, 0.6) is 0 Å². The molecule has 126 valence electrons. The lowest BCUT2D eigenvalue weighted by Gasteiger charge is -2.32. The maximum atomic E-state index is 12.4. The van der Waals surface area contributed by atoms with Gasteiger partial charge in [-0.25, -0.2) is 0 Å². The van der Waals surface area contributed by atoms with Crippen LogP contribution in [0.25, 0.3) is 0 Å². The largest absolute Gasteiger partial charge is 0.350 e. The molecular weight excluding hydrogens is 290 g/mol. The maximum absolute atomic E-state index is 12.4. The Morgan fingerprint density at radius 1 is 1.30 bits per heavy atom. The molecule has 0 spiro atoms. The third-order valence-corrected chi connectivity index (χ3v) is 4.27. The maximum Gasteiger partial charge on any atom is 0.253 e. The molecule has 0 unspecified atom stereocenters. The fourth-order valence-corrected chi connectivity index (χ4v) is 3.05. The Kier molecular flexibility index (Phi) is 5.74. The van der Waals surface area contributed by atoms with E-state index < -0.39 is 0 Å². The van der Waals surface area contributed by atoms with Gasteiger partial charge in [0.1, 0.15) is 0 Å². The van der Waals surface area contributed by atoms with Crippen LogP contribution in [0.2, 0.25) is 0 Å². The van der Waals surface area contributed by atoms with E-state index in [1.54, 1.807) is 0 Å². The van der Waals surface area contributed by atoms with Gasteiger partial charge in [0.05, 0.1) is 11.3 Å². The number of carbonyl (C=O) groups is 2. The minimum absolute atomic E-state index is 0.0606. The number of rotatable bonds is 4. The second-order valence-electron chi connectivity index (χ2n) is 6.52. The molecule has 1 saturated heterocycles. The van der Waals surface area contributed by atoms with Crippen LogP contribution in [-0.2, 0) is 4.79 Å². The van der Waals surface area contributed by atoms with Gasteiger partial charge in [0.15, 0.2) is 0 Å². The van der Waals surface area contributed by atoms with E-state index in [-0.39, 0.29) is 23.8 Å². The molecule has 1 aliphatic heterocycles. The Morgan fingerprint density at radius 3 is 2.52 bits per heavy atom. The van der Waals surface area contributed by atoms with E-state index >= 15 is 0 Å². The molecule has 2 heterocycles. The van der Waals surface area contributed by atoms with Gasteiger partial charge in [-0.15, -0.1) is 0 Å². The van der Waals surface area contributed by atoms with Crippen molar-refractivity contribution in [3.63, 3.8) is 0 Å². The smallest absolute Gasteiger partial charge is 0.253 e. The number of carbonyl (C=O) groups excluding carboxylic acids is 2. The van der Waals surface area contributed by atoms with Crippen LogP contribution in [0.1, 0.15) is 67.7 Å². The predicted molar refractivity (Wildman–Crippen MR) is 90.4 cm³/mol. The van der Waals surface area contributed by atoms with Gasteiger partial charge in [-0.3, -0.25) is 14.6 Å². The first-order chi connectivity index (χ1) is 10.9. The summed E-state index contributed by atoms with van der Waals surface area (Å²) in [7, 11) is 0. The van der Waals surface area contributed by atoms with Gasteiger partial charge in [0.2, 0.25) is 5.91 Å². The lowest BCUT2D eigenvalue weighted by Crippen LogP contribution is -2.38. The van der Waals surface area contributed by atoms with Crippen molar-refractivity contribution in [3.8, 4) is 0 Å². The van der Waals surface area contributed by atoms with Crippen molar-refractivity contribution in [2.24, 2.45) is 0 Å². The highest BCUT2D eigenvalue weighted by atomic mass is 16.2.